The molecular formula is C11H15Br2N. The maximum Gasteiger partial charge on any atom is 0.0306 e. The number of halogens is 2. The first-order chi connectivity index (χ1) is 6.56. The average Bonchev–Trinajstić information content (AvgIpc) is 2.11. The lowest BCUT2D eigenvalue weighted by Gasteiger charge is -2.14. The summed E-state index contributed by atoms with van der Waals surface area (Å²) in [7, 11) is 0. The average molecular weight is 321 g/mol. The Morgan fingerprint density at radius 2 is 1.93 bits per heavy atom. The Morgan fingerprint density at radius 1 is 1.29 bits per heavy atom. The van der Waals surface area contributed by atoms with Crippen molar-refractivity contribution in [2.75, 3.05) is 0 Å². The number of hydrogen-bond donors (Lipinski definition) is 1. The van der Waals surface area contributed by atoms with Gasteiger partial charge in [0.15, 0.2) is 0 Å². The van der Waals surface area contributed by atoms with Crippen molar-refractivity contribution in [3.63, 3.8) is 0 Å². The van der Waals surface area contributed by atoms with Gasteiger partial charge in [-0.1, -0.05) is 45.2 Å². The van der Waals surface area contributed by atoms with E-state index in [1.807, 2.05) is 0 Å². The van der Waals surface area contributed by atoms with Crippen molar-refractivity contribution in [2.24, 2.45) is 5.73 Å². The Bertz CT molecular complexity index is 323. The highest BCUT2D eigenvalue weighted by atomic mass is 79.9. The Balaban J connectivity index is 3.02. The van der Waals surface area contributed by atoms with Crippen LogP contribution in [0, 0.1) is 6.92 Å². The Labute approximate surface area is 102 Å². The summed E-state index contributed by atoms with van der Waals surface area (Å²) in [6.07, 6.45) is 2.13. The number of nitrogens with two attached hydrogens (primary N) is 1. The molecule has 0 aliphatic rings. The van der Waals surface area contributed by atoms with Gasteiger partial charge in [-0.3, -0.25) is 0 Å². The molecule has 0 amide bonds. The fourth-order valence-corrected chi connectivity index (χ4v) is 2.53. The molecule has 1 aromatic carbocycles. The van der Waals surface area contributed by atoms with E-state index >= 15 is 0 Å². The third-order valence-corrected chi connectivity index (χ3v) is 3.82. The highest BCUT2D eigenvalue weighted by molar-refractivity contribution is 9.11. The normalized spacial score (nSPS) is 12.9. The van der Waals surface area contributed by atoms with Gasteiger partial charge in [0.25, 0.3) is 0 Å². The first kappa shape index (κ1) is 12.2. The van der Waals surface area contributed by atoms with Crippen molar-refractivity contribution < 1.29 is 0 Å². The second kappa shape index (κ2) is 5.29. The minimum atomic E-state index is 0.131. The van der Waals surface area contributed by atoms with E-state index in [4.69, 9.17) is 5.73 Å². The van der Waals surface area contributed by atoms with Crippen LogP contribution >= 0.6 is 31.9 Å². The van der Waals surface area contributed by atoms with Crippen molar-refractivity contribution in [1.29, 1.82) is 0 Å². The summed E-state index contributed by atoms with van der Waals surface area (Å²) in [4.78, 5) is 0. The topological polar surface area (TPSA) is 26.0 Å². The predicted molar refractivity (Wildman–Crippen MR) is 68.4 cm³/mol. The molecule has 1 unspecified atom stereocenters. The molecule has 1 nitrogen and oxygen atoms in total. The molecule has 0 spiro atoms. The Morgan fingerprint density at radius 3 is 2.50 bits per heavy atom. The molecule has 0 heterocycles. The van der Waals surface area contributed by atoms with Crippen molar-refractivity contribution in [2.45, 2.75) is 32.7 Å². The number of benzene rings is 1. The molecule has 14 heavy (non-hydrogen) atoms. The minimum Gasteiger partial charge on any atom is -0.324 e. The van der Waals surface area contributed by atoms with E-state index < -0.39 is 0 Å². The van der Waals surface area contributed by atoms with Gasteiger partial charge in [0.1, 0.15) is 0 Å². The first-order valence-electron chi connectivity index (χ1n) is 4.77. The molecule has 0 aliphatic carbocycles. The van der Waals surface area contributed by atoms with Crippen LogP contribution < -0.4 is 5.73 Å². The molecule has 0 aliphatic heterocycles. The highest BCUT2D eigenvalue weighted by Gasteiger charge is 2.10. The molecule has 1 rings (SSSR count). The third kappa shape index (κ3) is 2.81. The van der Waals surface area contributed by atoms with E-state index in [9.17, 15) is 0 Å². The van der Waals surface area contributed by atoms with Crippen molar-refractivity contribution >= 4 is 31.9 Å². The lowest BCUT2D eigenvalue weighted by atomic mass is 10.0. The van der Waals surface area contributed by atoms with Gasteiger partial charge in [0.2, 0.25) is 0 Å². The summed E-state index contributed by atoms with van der Waals surface area (Å²) in [6, 6.07) is 4.35. The monoisotopic (exact) mass is 319 g/mol. The van der Waals surface area contributed by atoms with Crippen molar-refractivity contribution in [3.05, 3.63) is 32.2 Å². The van der Waals surface area contributed by atoms with Crippen LogP contribution in [0.3, 0.4) is 0 Å². The molecule has 0 radical (unpaired) electrons. The van der Waals surface area contributed by atoms with Crippen LogP contribution in [0.1, 0.15) is 36.9 Å². The van der Waals surface area contributed by atoms with Gasteiger partial charge in [-0.15, -0.1) is 0 Å². The largest absolute Gasteiger partial charge is 0.324 e. The predicted octanol–water partition coefficient (Wildman–Crippen LogP) is 4.32. The number of rotatable bonds is 3. The summed E-state index contributed by atoms with van der Waals surface area (Å²) in [6.45, 7) is 4.22. The van der Waals surface area contributed by atoms with Crippen LogP contribution in [0.5, 0.6) is 0 Å². The summed E-state index contributed by atoms with van der Waals surface area (Å²) in [5.74, 6) is 0. The molecule has 2 N–H and O–H groups in total. The quantitative estimate of drug-likeness (QED) is 0.881. The standard InChI is InChI=1S/C11H15Br2N/c1-3-4-11(14)8-6-9(12)7(2)5-10(8)13/h5-6,11H,3-4,14H2,1-2H3. The minimum absolute atomic E-state index is 0.131. The molecule has 0 saturated heterocycles. The zero-order valence-corrected chi connectivity index (χ0v) is 11.7. The fourth-order valence-electron chi connectivity index (χ4n) is 1.41. The molecule has 78 valence electrons. The van der Waals surface area contributed by atoms with E-state index in [-0.39, 0.29) is 6.04 Å². The summed E-state index contributed by atoms with van der Waals surface area (Å²) < 4.78 is 2.24. The van der Waals surface area contributed by atoms with E-state index in [0.717, 1.165) is 21.8 Å². The van der Waals surface area contributed by atoms with Gasteiger partial charge >= 0.3 is 0 Å². The van der Waals surface area contributed by atoms with Crippen LogP contribution in [0.25, 0.3) is 0 Å². The molecule has 3 heteroatoms. The van der Waals surface area contributed by atoms with E-state index in [0.29, 0.717) is 0 Å². The smallest absolute Gasteiger partial charge is 0.0306 e. The van der Waals surface area contributed by atoms with Crippen LogP contribution in [-0.4, -0.2) is 0 Å². The molecule has 1 atom stereocenters. The summed E-state index contributed by atoms with van der Waals surface area (Å²) in [5, 5.41) is 0. The molecule has 0 bridgehead atoms. The SMILES string of the molecule is CCCC(N)c1cc(Br)c(C)cc1Br. The maximum absolute atomic E-state index is 6.07. The Hall–Kier alpha value is 0.140. The molecule has 0 saturated carbocycles. The van der Waals surface area contributed by atoms with Crippen LogP contribution in [0.2, 0.25) is 0 Å². The molecule has 1 aromatic rings. The van der Waals surface area contributed by atoms with Gasteiger partial charge in [0.05, 0.1) is 0 Å². The molecule has 0 aromatic heterocycles. The van der Waals surface area contributed by atoms with Crippen molar-refractivity contribution in [1.82, 2.24) is 0 Å². The summed E-state index contributed by atoms with van der Waals surface area (Å²) in [5.41, 5.74) is 8.49. The number of hydrogen-bond acceptors (Lipinski definition) is 1. The van der Waals surface area contributed by atoms with Crippen LogP contribution in [-0.2, 0) is 0 Å². The highest BCUT2D eigenvalue weighted by Crippen LogP contribution is 2.30. The second-order valence-electron chi connectivity index (χ2n) is 3.52. The number of aryl methyl sites for hydroxylation is 1. The van der Waals surface area contributed by atoms with Gasteiger partial charge in [-0.25, -0.2) is 0 Å². The first-order valence-corrected chi connectivity index (χ1v) is 6.36. The Kier molecular flexibility index (Phi) is 4.61. The van der Waals surface area contributed by atoms with Crippen LogP contribution in [0.4, 0.5) is 0 Å². The fraction of sp³-hybridized carbons (Fsp3) is 0.455. The maximum atomic E-state index is 6.07. The van der Waals surface area contributed by atoms with Crippen molar-refractivity contribution in [3.8, 4) is 0 Å². The zero-order valence-electron chi connectivity index (χ0n) is 8.48. The lowest BCUT2D eigenvalue weighted by Crippen LogP contribution is -2.10. The molecule has 0 fully saturated rings. The zero-order chi connectivity index (χ0) is 10.7. The van der Waals surface area contributed by atoms with Gasteiger partial charge in [-0.2, -0.15) is 0 Å². The van der Waals surface area contributed by atoms with E-state index in [2.05, 4.69) is 57.8 Å². The van der Waals surface area contributed by atoms with Gasteiger partial charge in [0, 0.05) is 15.0 Å². The lowest BCUT2D eigenvalue weighted by molar-refractivity contribution is 0.635. The second-order valence-corrected chi connectivity index (χ2v) is 5.23. The summed E-state index contributed by atoms with van der Waals surface area (Å²) >= 11 is 7.07. The van der Waals surface area contributed by atoms with Crippen LogP contribution in [0.15, 0.2) is 21.1 Å². The van der Waals surface area contributed by atoms with E-state index in [1.165, 1.54) is 11.1 Å². The molecular weight excluding hydrogens is 306 g/mol. The van der Waals surface area contributed by atoms with Gasteiger partial charge in [-0.05, 0) is 36.6 Å². The van der Waals surface area contributed by atoms with Gasteiger partial charge < -0.3 is 5.73 Å². The third-order valence-electron chi connectivity index (χ3n) is 2.28. The van der Waals surface area contributed by atoms with E-state index in [1.54, 1.807) is 0 Å².